The van der Waals surface area contributed by atoms with Crippen molar-refractivity contribution in [3.8, 4) is 0 Å². The van der Waals surface area contributed by atoms with E-state index in [0.29, 0.717) is 39.0 Å². The zero-order valence-electron chi connectivity index (χ0n) is 15.5. The quantitative estimate of drug-likeness (QED) is 0.728. The second kappa shape index (κ2) is 9.12. The lowest BCUT2D eigenvalue weighted by Crippen LogP contribution is -2.46. The molecule has 2 aromatic rings. The van der Waals surface area contributed by atoms with E-state index in [1.165, 1.54) is 0 Å². The number of nitrogens with zero attached hydrogens (tertiary/aromatic N) is 3. The fraction of sp³-hybridized carbons (Fsp3) is 0.400. The molecule has 0 unspecified atom stereocenters. The molecule has 7 nitrogen and oxygen atoms in total. The normalized spacial score (nSPS) is 16.9. The fourth-order valence-corrected chi connectivity index (χ4v) is 3.17. The Balaban J connectivity index is 1.45. The van der Waals surface area contributed by atoms with Gasteiger partial charge >= 0.3 is 0 Å². The lowest BCUT2D eigenvalue weighted by molar-refractivity contribution is -0.138. The SMILES string of the molecule is Cc1cnccc1NCCNC(=O)[C@@H]1CCC(=O)N(Cc2ccccn2)C1. The first-order chi connectivity index (χ1) is 13.1. The molecule has 1 aliphatic heterocycles. The number of likely N-dealkylation sites (tertiary alicyclic amines) is 1. The van der Waals surface area contributed by atoms with Crippen LogP contribution in [0.5, 0.6) is 0 Å². The molecule has 3 rings (SSSR count). The first-order valence-corrected chi connectivity index (χ1v) is 9.23. The Morgan fingerprint density at radius 2 is 2.15 bits per heavy atom. The number of pyridine rings is 2. The molecule has 2 amide bonds. The summed E-state index contributed by atoms with van der Waals surface area (Å²) in [4.78, 5) is 34.7. The Kier molecular flexibility index (Phi) is 6.35. The van der Waals surface area contributed by atoms with E-state index >= 15 is 0 Å². The molecule has 0 radical (unpaired) electrons. The molecule has 1 fully saturated rings. The van der Waals surface area contributed by atoms with Crippen LogP contribution in [0.4, 0.5) is 5.69 Å². The summed E-state index contributed by atoms with van der Waals surface area (Å²) < 4.78 is 0. The van der Waals surface area contributed by atoms with E-state index in [4.69, 9.17) is 0 Å². The third-order valence-electron chi connectivity index (χ3n) is 4.71. The number of aryl methyl sites for hydroxylation is 1. The van der Waals surface area contributed by atoms with E-state index in [-0.39, 0.29) is 17.7 Å². The van der Waals surface area contributed by atoms with Gasteiger partial charge in [-0.05, 0) is 37.1 Å². The van der Waals surface area contributed by atoms with Crippen LogP contribution in [0.25, 0.3) is 0 Å². The lowest BCUT2D eigenvalue weighted by Gasteiger charge is -2.31. The van der Waals surface area contributed by atoms with Crippen molar-refractivity contribution in [2.24, 2.45) is 5.92 Å². The molecule has 3 heterocycles. The Hall–Kier alpha value is -2.96. The molecule has 142 valence electrons. The number of carbonyl (C=O) groups is 2. The first-order valence-electron chi connectivity index (χ1n) is 9.23. The van der Waals surface area contributed by atoms with Crippen LogP contribution in [0, 0.1) is 12.8 Å². The highest BCUT2D eigenvalue weighted by Gasteiger charge is 2.30. The molecule has 0 aliphatic carbocycles. The predicted octanol–water partition coefficient (Wildman–Crippen LogP) is 1.75. The maximum Gasteiger partial charge on any atom is 0.224 e. The Labute approximate surface area is 159 Å². The minimum atomic E-state index is -0.172. The number of hydrogen-bond donors (Lipinski definition) is 2. The predicted molar refractivity (Wildman–Crippen MR) is 103 cm³/mol. The highest BCUT2D eigenvalue weighted by Crippen LogP contribution is 2.19. The zero-order valence-corrected chi connectivity index (χ0v) is 15.5. The van der Waals surface area contributed by atoms with E-state index in [2.05, 4.69) is 20.6 Å². The Morgan fingerprint density at radius 3 is 2.93 bits per heavy atom. The van der Waals surface area contributed by atoms with Crippen LogP contribution in [0.3, 0.4) is 0 Å². The highest BCUT2D eigenvalue weighted by molar-refractivity contribution is 5.83. The summed E-state index contributed by atoms with van der Waals surface area (Å²) in [5, 5.41) is 6.26. The van der Waals surface area contributed by atoms with Crippen LogP contribution in [0.2, 0.25) is 0 Å². The molecule has 1 saturated heterocycles. The van der Waals surface area contributed by atoms with Crippen molar-refractivity contribution >= 4 is 17.5 Å². The molecular weight excluding hydrogens is 342 g/mol. The van der Waals surface area contributed by atoms with Crippen molar-refractivity contribution in [3.63, 3.8) is 0 Å². The van der Waals surface area contributed by atoms with Gasteiger partial charge in [0.1, 0.15) is 0 Å². The molecule has 2 aromatic heterocycles. The minimum absolute atomic E-state index is 0.00164. The van der Waals surface area contributed by atoms with E-state index in [0.717, 1.165) is 16.9 Å². The van der Waals surface area contributed by atoms with E-state index in [1.54, 1.807) is 23.5 Å². The minimum Gasteiger partial charge on any atom is -0.383 e. The van der Waals surface area contributed by atoms with E-state index < -0.39 is 0 Å². The van der Waals surface area contributed by atoms with Crippen LogP contribution < -0.4 is 10.6 Å². The van der Waals surface area contributed by atoms with Gasteiger partial charge in [0.15, 0.2) is 0 Å². The molecule has 0 spiro atoms. The van der Waals surface area contributed by atoms with Gasteiger partial charge in [-0.25, -0.2) is 0 Å². The van der Waals surface area contributed by atoms with Gasteiger partial charge in [0.2, 0.25) is 11.8 Å². The molecule has 1 aliphatic rings. The number of hydrogen-bond acceptors (Lipinski definition) is 5. The Bertz CT molecular complexity index is 781. The molecule has 2 N–H and O–H groups in total. The molecule has 0 saturated carbocycles. The number of carbonyl (C=O) groups excluding carboxylic acids is 2. The average molecular weight is 367 g/mol. The zero-order chi connectivity index (χ0) is 19.1. The topological polar surface area (TPSA) is 87.2 Å². The fourth-order valence-electron chi connectivity index (χ4n) is 3.17. The maximum absolute atomic E-state index is 12.5. The smallest absolute Gasteiger partial charge is 0.224 e. The second-order valence-electron chi connectivity index (χ2n) is 6.74. The summed E-state index contributed by atoms with van der Waals surface area (Å²) in [6.07, 6.45) is 6.25. The summed E-state index contributed by atoms with van der Waals surface area (Å²) in [6, 6.07) is 7.56. The summed E-state index contributed by atoms with van der Waals surface area (Å²) in [5.74, 6) is -0.0876. The van der Waals surface area contributed by atoms with Gasteiger partial charge < -0.3 is 15.5 Å². The summed E-state index contributed by atoms with van der Waals surface area (Å²) in [5.41, 5.74) is 2.92. The van der Waals surface area contributed by atoms with Crippen molar-refractivity contribution < 1.29 is 9.59 Å². The van der Waals surface area contributed by atoms with Gasteiger partial charge in [-0.15, -0.1) is 0 Å². The van der Waals surface area contributed by atoms with Gasteiger partial charge in [-0.3, -0.25) is 19.6 Å². The maximum atomic E-state index is 12.5. The van der Waals surface area contributed by atoms with E-state index in [9.17, 15) is 9.59 Å². The van der Waals surface area contributed by atoms with Crippen LogP contribution in [-0.2, 0) is 16.1 Å². The largest absolute Gasteiger partial charge is 0.383 e. The van der Waals surface area contributed by atoms with Crippen molar-refractivity contribution in [2.75, 3.05) is 25.0 Å². The average Bonchev–Trinajstić information content (AvgIpc) is 2.69. The van der Waals surface area contributed by atoms with Gasteiger partial charge in [0.25, 0.3) is 0 Å². The first kappa shape index (κ1) is 18.8. The standard InChI is InChI=1S/C20H25N5O2/c1-15-12-21-9-7-18(15)23-10-11-24-20(27)16-5-6-19(26)25(13-16)14-17-4-2-3-8-22-17/h2-4,7-9,12,16H,5-6,10-11,13-14H2,1H3,(H,21,23)(H,24,27)/t16-/m1/s1. The third-order valence-corrected chi connectivity index (χ3v) is 4.71. The van der Waals surface area contributed by atoms with Gasteiger partial charge in [-0.2, -0.15) is 0 Å². The Morgan fingerprint density at radius 1 is 1.26 bits per heavy atom. The van der Waals surface area contributed by atoms with Crippen molar-refractivity contribution in [3.05, 3.63) is 54.1 Å². The van der Waals surface area contributed by atoms with Gasteiger partial charge in [0.05, 0.1) is 18.2 Å². The van der Waals surface area contributed by atoms with Crippen molar-refractivity contribution in [2.45, 2.75) is 26.3 Å². The van der Waals surface area contributed by atoms with Crippen LogP contribution in [0.1, 0.15) is 24.1 Å². The lowest BCUT2D eigenvalue weighted by atomic mass is 9.96. The molecule has 0 aromatic carbocycles. The van der Waals surface area contributed by atoms with Crippen molar-refractivity contribution in [1.82, 2.24) is 20.2 Å². The summed E-state index contributed by atoms with van der Waals surface area (Å²) >= 11 is 0. The molecule has 0 bridgehead atoms. The molecule has 7 heteroatoms. The second-order valence-corrected chi connectivity index (χ2v) is 6.74. The molecule has 27 heavy (non-hydrogen) atoms. The number of nitrogens with one attached hydrogen (secondary N) is 2. The van der Waals surface area contributed by atoms with Crippen LogP contribution in [0.15, 0.2) is 42.9 Å². The van der Waals surface area contributed by atoms with E-state index in [1.807, 2.05) is 31.2 Å². The number of amides is 2. The molecule has 1 atom stereocenters. The van der Waals surface area contributed by atoms with Gasteiger partial charge in [-0.1, -0.05) is 6.07 Å². The van der Waals surface area contributed by atoms with Crippen molar-refractivity contribution in [1.29, 1.82) is 0 Å². The highest BCUT2D eigenvalue weighted by atomic mass is 16.2. The number of rotatable bonds is 7. The molecular formula is C20H25N5O2. The third kappa shape index (κ3) is 5.26. The van der Waals surface area contributed by atoms with Crippen LogP contribution in [-0.4, -0.2) is 46.3 Å². The summed E-state index contributed by atoms with van der Waals surface area (Å²) in [6.45, 7) is 4.05. The van der Waals surface area contributed by atoms with Crippen LogP contribution >= 0.6 is 0 Å². The number of piperidine rings is 1. The summed E-state index contributed by atoms with van der Waals surface area (Å²) in [7, 11) is 0. The number of anilines is 1. The monoisotopic (exact) mass is 367 g/mol. The van der Waals surface area contributed by atoms with Gasteiger partial charge in [0, 0.05) is 50.3 Å². The number of aromatic nitrogens is 2.